The molecule has 0 aliphatic carbocycles. The molecule has 0 spiro atoms. The van der Waals surface area contributed by atoms with Crippen molar-refractivity contribution < 1.29 is 4.79 Å². The van der Waals surface area contributed by atoms with Crippen LogP contribution in [0.15, 0.2) is 12.1 Å². The second kappa shape index (κ2) is 4.57. The molecule has 1 aromatic carbocycles. The van der Waals surface area contributed by atoms with E-state index in [1.165, 1.54) is 15.4 Å². The molecule has 82 valence electrons. The summed E-state index contributed by atoms with van der Waals surface area (Å²) in [5, 5.41) is 2.54. The third kappa shape index (κ3) is 2.26. The van der Waals surface area contributed by atoms with Gasteiger partial charge in [0.05, 0.1) is 5.69 Å². The van der Waals surface area contributed by atoms with Gasteiger partial charge >= 0.3 is 6.03 Å². The van der Waals surface area contributed by atoms with Crippen molar-refractivity contribution in [3.63, 3.8) is 0 Å². The third-order valence-corrected chi connectivity index (χ3v) is 3.06. The highest BCUT2D eigenvalue weighted by molar-refractivity contribution is 7.82. The minimum absolute atomic E-state index is 0.232. The Hall–Kier alpha value is -1.16. The number of hydrogen-bond donors (Lipinski definition) is 2. The molecular weight excluding hydrogens is 208 g/mol. The largest absolute Gasteiger partial charge is 0.340 e. The van der Waals surface area contributed by atoms with Crippen LogP contribution in [0.4, 0.5) is 10.5 Å². The lowest BCUT2D eigenvalue weighted by Crippen LogP contribution is -2.31. The van der Waals surface area contributed by atoms with Crippen molar-refractivity contribution in [1.82, 2.24) is 5.32 Å². The van der Waals surface area contributed by atoms with E-state index in [-0.39, 0.29) is 6.03 Å². The molecule has 0 heterocycles. The minimum atomic E-state index is -0.232. The smallest absolute Gasteiger partial charge is 0.331 e. The first kappa shape index (κ1) is 11.9. The first-order valence-corrected chi connectivity index (χ1v) is 5.16. The Morgan fingerprint density at radius 1 is 1.27 bits per heavy atom. The molecule has 0 radical (unpaired) electrons. The van der Waals surface area contributed by atoms with Crippen molar-refractivity contribution in [3.8, 4) is 0 Å². The summed E-state index contributed by atoms with van der Waals surface area (Å²) in [7, 11) is 1.59. The molecule has 0 bridgehead atoms. The fourth-order valence-corrected chi connectivity index (χ4v) is 1.70. The van der Waals surface area contributed by atoms with Gasteiger partial charge in [-0.05, 0) is 43.5 Å². The summed E-state index contributed by atoms with van der Waals surface area (Å²) in [6.45, 7) is 6.08. The summed E-state index contributed by atoms with van der Waals surface area (Å²) in [4.78, 5) is 11.4. The summed E-state index contributed by atoms with van der Waals surface area (Å²) < 4.78 is 1.32. The van der Waals surface area contributed by atoms with Crippen LogP contribution >= 0.6 is 12.8 Å². The number of carbonyl (C=O) groups is 1. The number of rotatable bonds is 1. The van der Waals surface area contributed by atoms with Crippen molar-refractivity contribution in [1.29, 1.82) is 0 Å². The summed E-state index contributed by atoms with van der Waals surface area (Å²) in [5.74, 6) is 0. The second-order valence-corrected chi connectivity index (χ2v) is 3.92. The van der Waals surface area contributed by atoms with Crippen LogP contribution in [0.1, 0.15) is 16.7 Å². The van der Waals surface area contributed by atoms with E-state index in [9.17, 15) is 4.79 Å². The predicted octanol–water partition coefficient (Wildman–Crippen LogP) is 2.60. The number of urea groups is 1. The number of anilines is 1. The molecule has 15 heavy (non-hydrogen) atoms. The lowest BCUT2D eigenvalue weighted by molar-refractivity contribution is 0.252. The fraction of sp³-hybridized carbons (Fsp3) is 0.364. The molecule has 0 saturated carbocycles. The Kier molecular flexibility index (Phi) is 3.63. The van der Waals surface area contributed by atoms with E-state index < -0.39 is 0 Å². The Morgan fingerprint density at radius 3 is 2.40 bits per heavy atom. The first-order chi connectivity index (χ1) is 6.99. The Balaban J connectivity index is 3.16. The van der Waals surface area contributed by atoms with Crippen LogP contribution in [0, 0.1) is 20.8 Å². The van der Waals surface area contributed by atoms with E-state index >= 15 is 0 Å². The number of nitrogens with one attached hydrogen (secondary N) is 1. The molecule has 1 aromatic rings. The van der Waals surface area contributed by atoms with Crippen molar-refractivity contribution in [2.24, 2.45) is 0 Å². The SMILES string of the molecule is CNC(=O)N(S)c1ccc(C)c(C)c1C. The Bertz CT molecular complexity index is 390. The van der Waals surface area contributed by atoms with Crippen LogP contribution in [0.5, 0.6) is 0 Å². The van der Waals surface area contributed by atoms with Gasteiger partial charge in [0.2, 0.25) is 0 Å². The molecule has 0 aliphatic rings. The zero-order chi connectivity index (χ0) is 11.6. The molecule has 0 saturated heterocycles. The molecule has 0 aliphatic heterocycles. The Morgan fingerprint density at radius 2 is 1.87 bits per heavy atom. The monoisotopic (exact) mass is 224 g/mol. The topological polar surface area (TPSA) is 32.3 Å². The van der Waals surface area contributed by atoms with E-state index in [0.717, 1.165) is 11.3 Å². The van der Waals surface area contributed by atoms with Crippen molar-refractivity contribution in [2.45, 2.75) is 20.8 Å². The predicted molar refractivity (Wildman–Crippen MR) is 66.6 cm³/mol. The number of aryl methyl sites for hydroxylation is 1. The maximum atomic E-state index is 11.4. The van der Waals surface area contributed by atoms with Gasteiger partial charge in [-0.2, -0.15) is 0 Å². The zero-order valence-corrected chi connectivity index (χ0v) is 10.4. The third-order valence-electron chi connectivity index (χ3n) is 2.66. The molecule has 4 heteroatoms. The highest BCUT2D eigenvalue weighted by Gasteiger charge is 2.13. The highest BCUT2D eigenvalue weighted by atomic mass is 32.1. The molecule has 0 fully saturated rings. The van der Waals surface area contributed by atoms with Crippen LogP contribution in [0.2, 0.25) is 0 Å². The maximum absolute atomic E-state index is 11.4. The van der Waals surface area contributed by atoms with Gasteiger partial charge < -0.3 is 5.32 Å². The van der Waals surface area contributed by atoms with E-state index in [4.69, 9.17) is 0 Å². The van der Waals surface area contributed by atoms with Gasteiger partial charge in [-0.1, -0.05) is 18.9 Å². The molecule has 1 rings (SSSR count). The van der Waals surface area contributed by atoms with Gasteiger partial charge in [0.1, 0.15) is 0 Å². The zero-order valence-electron chi connectivity index (χ0n) is 9.46. The van der Waals surface area contributed by atoms with Crippen molar-refractivity contribution in [3.05, 3.63) is 28.8 Å². The number of benzene rings is 1. The molecule has 2 amide bonds. The first-order valence-electron chi connectivity index (χ1n) is 4.76. The quantitative estimate of drug-likeness (QED) is 0.706. The maximum Gasteiger partial charge on any atom is 0.331 e. The minimum Gasteiger partial charge on any atom is -0.340 e. The summed E-state index contributed by atoms with van der Waals surface area (Å²) in [5.41, 5.74) is 4.31. The molecular formula is C11H16N2OS. The van der Waals surface area contributed by atoms with Crippen LogP contribution < -0.4 is 9.62 Å². The van der Waals surface area contributed by atoms with E-state index in [0.29, 0.717) is 0 Å². The molecule has 0 atom stereocenters. The van der Waals surface area contributed by atoms with Gasteiger partial charge in [-0.15, -0.1) is 0 Å². The highest BCUT2D eigenvalue weighted by Crippen LogP contribution is 2.26. The number of thiol groups is 1. The fourth-order valence-electron chi connectivity index (χ4n) is 1.39. The van der Waals surface area contributed by atoms with Gasteiger partial charge in [0, 0.05) is 7.05 Å². The van der Waals surface area contributed by atoms with Crippen LogP contribution in [0.25, 0.3) is 0 Å². The number of hydrogen-bond acceptors (Lipinski definition) is 2. The van der Waals surface area contributed by atoms with Crippen LogP contribution in [-0.4, -0.2) is 13.1 Å². The molecule has 3 nitrogen and oxygen atoms in total. The number of carbonyl (C=O) groups excluding carboxylic acids is 1. The van der Waals surface area contributed by atoms with Gasteiger partial charge in [-0.3, -0.25) is 0 Å². The Labute approximate surface area is 96.0 Å². The normalized spacial score (nSPS) is 9.93. The summed E-state index contributed by atoms with van der Waals surface area (Å²) in [6, 6.07) is 3.66. The van der Waals surface area contributed by atoms with Crippen molar-refractivity contribution in [2.75, 3.05) is 11.4 Å². The summed E-state index contributed by atoms with van der Waals surface area (Å²) >= 11 is 4.17. The van der Waals surface area contributed by atoms with Crippen LogP contribution in [0.3, 0.4) is 0 Å². The van der Waals surface area contributed by atoms with Gasteiger partial charge in [0.25, 0.3) is 0 Å². The second-order valence-electron chi connectivity index (χ2n) is 3.52. The van der Waals surface area contributed by atoms with E-state index in [2.05, 4.69) is 25.1 Å². The number of nitrogens with zero attached hydrogens (tertiary/aromatic N) is 1. The van der Waals surface area contributed by atoms with Crippen molar-refractivity contribution >= 4 is 24.5 Å². The summed E-state index contributed by atoms with van der Waals surface area (Å²) in [6.07, 6.45) is 0. The van der Waals surface area contributed by atoms with E-state index in [1.807, 2.05) is 26.0 Å². The molecule has 1 N–H and O–H groups in total. The average molecular weight is 224 g/mol. The molecule has 0 aromatic heterocycles. The van der Waals surface area contributed by atoms with Gasteiger partial charge in [0.15, 0.2) is 0 Å². The lowest BCUT2D eigenvalue weighted by atomic mass is 10.0. The standard InChI is InChI=1S/C11H16N2OS/c1-7-5-6-10(9(3)8(7)2)13(15)11(14)12-4/h5-6,15H,1-4H3,(H,12,14). The van der Waals surface area contributed by atoms with E-state index in [1.54, 1.807) is 7.05 Å². The molecule has 0 unspecified atom stereocenters. The van der Waals surface area contributed by atoms with Gasteiger partial charge in [-0.25, -0.2) is 9.10 Å². The average Bonchev–Trinajstić information content (AvgIpc) is 2.24. The lowest BCUT2D eigenvalue weighted by Gasteiger charge is -2.19. The van der Waals surface area contributed by atoms with Crippen LogP contribution in [-0.2, 0) is 0 Å². The number of amides is 2.